The molecule has 122 valence electrons. The molecule has 3 saturated carbocycles. The molecule has 4 aliphatic rings. The molecule has 0 saturated heterocycles. The van der Waals surface area contributed by atoms with Crippen LogP contribution in [-0.2, 0) is 4.79 Å². The summed E-state index contributed by atoms with van der Waals surface area (Å²) in [6.45, 7) is 4.10. The van der Waals surface area contributed by atoms with Crippen molar-refractivity contribution in [2.24, 2.45) is 35.0 Å². The fourth-order valence-electron chi connectivity index (χ4n) is 6.50. The zero-order valence-corrected chi connectivity index (χ0v) is 13.7. The minimum atomic E-state index is -1.51. The number of rotatable bonds is 0. The second kappa shape index (κ2) is 4.67. The molecule has 0 heterocycles. The zero-order valence-electron chi connectivity index (χ0n) is 13.7. The molecule has 0 spiro atoms. The molecule has 0 aromatic rings. The van der Waals surface area contributed by atoms with Gasteiger partial charge in [0.25, 0.3) is 0 Å². The summed E-state index contributed by atoms with van der Waals surface area (Å²) in [4.78, 5) is 11.7. The average Bonchev–Trinajstić information content (AvgIpc) is 2.66. The van der Waals surface area contributed by atoms with Gasteiger partial charge in [-0.3, -0.25) is 4.79 Å². The Morgan fingerprint density at radius 2 is 1.91 bits per heavy atom. The summed E-state index contributed by atoms with van der Waals surface area (Å²) in [5.41, 5.74) is 1.05. The lowest BCUT2D eigenvalue weighted by atomic mass is 9.52. The van der Waals surface area contributed by atoms with Crippen LogP contribution in [-0.4, -0.2) is 21.8 Å². The van der Waals surface area contributed by atoms with Crippen molar-refractivity contribution < 1.29 is 15.0 Å². The van der Waals surface area contributed by atoms with Crippen LogP contribution in [0.2, 0.25) is 0 Å². The van der Waals surface area contributed by atoms with E-state index in [4.69, 9.17) is 0 Å². The maximum Gasteiger partial charge on any atom is 0.170 e. The van der Waals surface area contributed by atoms with Crippen molar-refractivity contribution in [1.82, 2.24) is 0 Å². The van der Waals surface area contributed by atoms with Crippen LogP contribution in [0.4, 0.5) is 0 Å². The Hall–Kier alpha value is -0.670. The van der Waals surface area contributed by atoms with Gasteiger partial charge in [-0.05, 0) is 68.3 Å². The summed E-state index contributed by atoms with van der Waals surface area (Å²) in [6, 6.07) is 0. The summed E-state index contributed by atoms with van der Waals surface area (Å²) in [7, 11) is 0. The smallest absolute Gasteiger partial charge is 0.170 e. The Kier molecular flexibility index (Phi) is 3.16. The quantitative estimate of drug-likeness (QED) is 0.676. The van der Waals surface area contributed by atoms with E-state index in [1.807, 2.05) is 13.0 Å². The van der Waals surface area contributed by atoms with E-state index in [0.29, 0.717) is 35.9 Å². The normalized spacial score (nSPS) is 49.9. The molecule has 0 bridgehead atoms. The summed E-state index contributed by atoms with van der Waals surface area (Å²) < 4.78 is 0. The highest BCUT2D eigenvalue weighted by molar-refractivity contribution is 5.91. The second-order valence-corrected chi connectivity index (χ2v) is 8.62. The molecule has 3 fully saturated rings. The third kappa shape index (κ3) is 1.78. The maximum absolute atomic E-state index is 11.7. The van der Waals surface area contributed by atoms with E-state index in [-0.39, 0.29) is 11.3 Å². The zero-order chi connectivity index (χ0) is 15.7. The number of hydrogen-bond acceptors (Lipinski definition) is 3. The number of ketones is 1. The first-order chi connectivity index (χ1) is 10.3. The van der Waals surface area contributed by atoms with Gasteiger partial charge in [0, 0.05) is 17.8 Å². The second-order valence-electron chi connectivity index (χ2n) is 8.62. The fraction of sp³-hybridized carbons (Fsp3) is 0.842. The first kappa shape index (κ1) is 14.9. The van der Waals surface area contributed by atoms with Crippen LogP contribution >= 0.6 is 0 Å². The van der Waals surface area contributed by atoms with Crippen LogP contribution < -0.4 is 0 Å². The van der Waals surface area contributed by atoms with E-state index in [1.54, 1.807) is 0 Å². The number of aliphatic hydroxyl groups is 2. The van der Waals surface area contributed by atoms with E-state index in [2.05, 4.69) is 6.92 Å². The molecule has 0 radical (unpaired) electrons. The van der Waals surface area contributed by atoms with Crippen LogP contribution in [0.5, 0.6) is 0 Å². The molecule has 4 aliphatic carbocycles. The molecule has 0 aromatic heterocycles. The van der Waals surface area contributed by atoms with Crippen molar-refractivity contribution in [3.05, 3.63) is 11.6 Å². The van der Waals surface area contributed by atoms with E-state index in [0.717, 1.165) is 38.5 Å². The topological polar surface area (TPSA) is 57.5 Å². The molecular weight excluding hydrogens is 276 g/mol. The molecular formula is C19H28O3. The largest absolute Gasteiger partial charge is 0.365 e. The highest BCUT2D eigenvalue weighted by Crippen LogP contribution is 2.65. The van der Waals surface area contributed by atoms with Crippen LogP contribution in [0.25, 0.3) is 0 Å². The average molecular weight is 304 g/mol. The molecule has 3 nitrogen and oxygen atoms in total. The van der Waals surface area contributed by atoms with Gasteiger partial charge >= 0.3 is 0 Å². The molecule has 0 aromatic carbocycles. The lowest BCUT2D eigenvalue weighted by Gasteiger charge is -2.54. The Balaban J connectivity index is 1.66. The summed E-state index contributed by atoms with van der Waals surface area (Å²) in [6.07, 6.45) is 8.77. The standard InChI is InChI=1S/C19H28O3/c1-11-9-17-16-5-3-12-10-13(20)4-6-14(12)15(16)7-8-18(17,2)19(11,21)22/h10-11,14-17,21-22H,3-9H2,1-2H3/t11-,14-,15+,16+,17-,18-/m0/s1. The third-order valence-corrected chi connectivity index (χ3v) is 7.82. The first-order valence-electron chi connectivity index (χ1n) is 9.02. The van der Waals surface area contributed by atoms with Gasteiger partial charge in [-0.15, -0.1) is 0 Å². The fourth-order valence-corrected chi connectivity index (χ4v) is 6.50. The number of carbonyl (C=O) groups excluding carboxylic acids is 1. The number of hydrogen-bond donors (Lipinski definition) is 2. The summed E-state index contributed by atoms with van der Waals surface area (Å²) in [5, 5.41) is 21.3. The van der Waals surface area contributed by atoms with Gasteiger partial charge < -0.3 is 10.2 Å². The molecule has 3 heteroatoms. The van der Waals surface area contributed by atoms with Crippen LogP contribution in [0.1, 0.15) is 58.8 Å². The van der Waals surface area contributed by atoms with Gasteiger partial charge in [0.05, 0.1) is 0 Å². The molecule has 22 heavy (non-hydrogen) atoms. The van der Waals surface area contributed by atoms with E-state index < -0.39 is 5.79 Å². The van der Waals surface area contributed by atoms with Gasteiger partial charge in [-0.1, -0.05) is 19.4 Å². The molecule has 0 amide bonds. The van der Waals surface area contributed by atoms with Crippen molar-refractivity contribution in [3.8, 4) is 0 Å². The Morgan fingerprint density at radius 3 is 2.68 bits per heavy atom. The van der Waals surface area contributed by atoms with Crippen LogP contribution in [0, 0.1) is 35.0 Å². The highest BCUT2D eigenvalue weighted by atomic mass is 16.5. The lowest BCUT2D eigenvalue weighted by Crippen LogP contribution is -2.53. The van der Waals surface area contributed by atoms with Crippen molar-refractivity contribution in [2.45, 2.75) is 64.6 Å². The van der Waals surface area contributed by atoms with Crippen molar-refractivity contribution in [3.63, 3.8) is 0 Å². The van der Waals surface area contributed by atoms with Gasteiger partial charge in [0.1, 0.15) is 0 Å². The lowest BCUT2D eigenvalue weighted by molar-refractivity contribution is -0.263. The number of allylic oxidation sites excluding steroid dienone is 1. The Bertz CT molecular complexity index is 535. The molecule has 2 N–H and O–H groups in total. The van der Waals surface area contributed by atoms with Crippen LogP contribution in [0.3, 0.4) is 0 Å². The SMILES string of the molecule is C[C@H]1C[C@H]2[C@@H]3CCC4=CC(=O)CC[C@@H]4[C@H]3CC[C@]2(C)C1(O)O. The predicted molar refractivity (Wildman–Crippen MR) is 83.8 cm³/mol. The van der Waals surface area contributed by atoms with Crippen LogP contribution in [0.15, 0.2) is 11.6 Å². The molecule has 0 aliphatic heterocycles. The highest BCUT2D eigenvalue weighted by Gasteiger charge is 2.64. The van der Waals surface area contributed by atoms with E-state index >= 15 is 0 Å². The Labute approximate surface area is 132 Å². The molecule has 0 unspecified atom stereocenters. The van der Waals surface area contributed by atoms with Crippen molar-refractivity contribution in [2.75, 3.05) is 0 Å². The Morgan fingerprint density at radius 1 is 1.14 bits per heavy atom. The van der Waals surface area contributed by atoms with Gasteiger partial charge in [0.2, 0.25) is 0 Å². The molecule has 4 rings (SSSR count). The maximum atomic E-state index is 11.7. The minimum Gasteiger partial charge on any atom is -0.365 e. The monoisotopic (exact) mass is 304 g/mol. The number of fused-ring (bicyclic) bond motifs is 5. The van der Waals surface area contributed by atoms with E-state index in [9.17, 15) is 15.0 Å². The van der Waals surface area contributed by atoms with Crippen molar-refractivity contribution in [1.29, 1.82) is 0 Å². The predicted octanol–water partition coefficient (Wildman–Crippen LogP) is 3.06. The first-order valence-corrected chi connectivity index (χ1v) is 9.02. The number of carbonyl (C=O) groups is 1. The summed E-state index contributed by atoms with van der Waals surface area (Å²) >= 11 is 0. The minimum absolute atomic E-state index is 0.0360. The third-order valence-electron chi connectivity index (χ3n) is 7.82. The van der Waals surface area contributed by atoms with Crippen molar-refractivity contribution >= 4 is 5.78 Å². The van der Waals surface area contributed by atoms with Gasteiger partial charge in [0.15, 0.2) is 11.6 Å². The van der Waals surface area contributed by atoms with E-state index in [1.165, 1.54) is 5.57 Å². The van der Waals surface area contributed by atoms with Gasteiger partial charge in [-0.2, -0.15) is 0 Å². The summed E-state index contributed by atoms with van der Waals surface area (Å²) in [5.74, 6) is 1.04. The van der Waals surface area contributed by atoms with Gasteiger partial charge in [-0.25, -0.2) is 0 Å². The molecule has 6 atom stereocenters.